The first kappa shape index (κ1) is 25.4. The Labute approximate surface area is 220 Å². The van der Waals surface area contributed by atoms with Crippen molar-refractivity contribution in [3.8, 4) is 17.2 Å². The van der Waals surface area contributed by atoms with Crippen LogP contribution in [0.4, 0.5) is 0 Å². The minimum Gasteiger partial charge on any atom is -0.506 e. The molecule has 1 aromatic heterocycles. The lowest BCUT2D eigenvalue weighted by molar-refractivity contribution is -0.132. The second kappa shape index (κ2) is 11.4. The lowest BCUT2D eigenvalue weighted by atomic mass is 10.0. The Kier molecular flexibility index (Phi) is 7.81. The van der Waals surface area contributed by atoms with Gasteiger partial charge in [-0.25, -0.2) is 4.98 Å². The van der Waals surface area contributed by atoms with E-state index in [1.807, 2.05) is 24.3 Å². The molecule has 37 heavy (non-hydrogen) atoms. The van der Waals surface area contributed by atoms with Gasteiger partial charge in [-0.1, -0.05) is 48.5 Å². The molecule has 3 aromatic rings. The molecular weight excluding hydrogens is 488 g/mol. The zero-order chi connectivity index (χ0) is 25.8. The van der Waals surface area contributed by atoms with Crippen LogP contribution in [0.2, 0.25) is 0 Å². The summed E-state index contributed by atoms with van der Waals surface area (Å²) in [6.45, 7) is 1.90. The standard InChI is InChI=1S/C28H32N4O4S/c1-36-25-12-5-2-7-19(25)17-29-15-13-26(34)31-16-14-22-21(18-31)27(35)32(23-10-3-4-11-24(23)33)28(30-22)37-20-8-6-9-20/h2-5,7,10-12,20,29,33H,6,8-9,13-18H2,1H3. The number of hydrogen-bond acceptors (Lipinski definition) is 7. The number of phenols is 1. The number of carbonyl (C=O) groups excluding carboxylic acids is 1. The molecule has 0 atom stereocenters. The summed E-state index contributed by atoms with van der Waals surface area (Å²) in [6.07, 6.45) is 4.28. The maximum absolute atomic E-state index is 13.8. The maximum atomic E-state index is 13.8. The van der Waals surface area contributed by atoms with Gasteiger partial charge in [0.15, 0.2) is 5.16 Å². The zero-order valence-corrected chi connectivity index (χ0v) is 21.8. The van der Waals surface area contributed by atoms with Crippen LogP contribution in [-0.4, -0.2) is 50.9 Å². The van der Waals surface area contributed by atoms with Crippen molar-refractivity contribution in [3.63, 3.8) is 0 Å². The number of hydrogen-bond donors (Lipinski definition) is 2. The molecule has 1 aliphatic heterocycles. The van der Waals surface area contributed by atoms with Crippen LogP contribution in [0.1, 0.15) is 42.5 Å². The molecule has 5 rings (SSSR count). The van der Waals surface area contributed by atoms with Crippen molar-refractivity contribution < 1.29 is 14.6 Å². The van der Waals surface area contributed by atoms with E-state index in [9.17, 15) is 14.7 Å². The molecule has 2 heterocycles. The Morgan fingerprint density at radius 1 is 1.19 bits per heavy atom. The number of methoxy groups -OCH3 is 1. The fourth-order valence-corrected chi connectivity index (χ4v) is 5.99. The molecule has 1 aliphatic carbocycles. The van der Waals surface area contributed by atoms with Gasteiger partial charge in [-0.05, 0) is 31.0 Å². The Morgan fingerprint density at radius 3 is 2.73 bits per heavy atom. The second-order valence-corrected chi connectivity index (χ2v) is 10.7. The molecule has 1 saturated carbocycles. The van der Waals surface area contributed by atoms with E-state index < -0.39 is 0 Å². The minimum atomic E-state index is -0.208. The van der Waals surface area contributed by atoms with Gasteiger partial charge in [-0.3, -0.25) is 14.2 Å². The maximum Gasteiger partial charge on any atom is 0.264 e. The molecule has 0 spiro atoms. The van der Waals surface area contributed by atoms with E-state index in [1.54, 1.807) is 48.0 Å². The minimum absolute atomic E-state index is 0.000366. The van der Waals surface area contributed by atoms with E-state index in [2.05, 4.69) is 5.32 Å². The van der Waals surface area contributed by atoms with Gasteiger partial charge in [0.05, 0.1) is 30.6 Å². The van der Waals surface area contributed by atoms with Crippen LogP contribution in [0.5, 0.6) is 11.5 Å². The van der Waals surface area contributed by atoms with Gasteiger partial charge in [-0.2, -0.15) is 0 Å². The van der Waals surface area contributed by atoms with E-state index in [0.717, 1.165) is 29.8 Å². The highest BCUT2D eigenvalue weighted by Gasteiger charge is 2.29. The second-order valence-electron chi connectivity index (χ2n) is 9.42. The molecule has 194 valence electrons. The van der Waals surface area contributed by atoms with Gasteiger partial charge >= 0.3 is 0 Å². The number of thioether (sulfide) groups is 1. The number of nitrogens with zero attached hydrogens (tertiary/aromatic N) is 3. The number of benzene rings is 2. The summed E-state index contributed by atoms with van der Waals surface area (Å²) in [5.74, 6) is 0.850. The molecule has 9 heteroatoms. The summed E-state index contributed by atoms with van der Waals surface area (Å²) in [7, 11) is 1.65. The number of aromatic nitrogens is 2. The van der Waals surface area contributed by atoms with Gasteiger partial charge in [-0.15, -0.1) is 0 Å². The lowest BCUT2D eigenvalue weighted by Crippen LogP contribution is -2.42. The van der Waals surface area contributed by atoms with E-state index in [4.69, 9.17) is 9.72 Å². The lowest BCUT2D eigenvalue weighted by Gasteiger charge is -2.30. The molecular formula is C28H32N4O4S. The predicted octanol–water partition coefficient (Wildman–Crippen LogP) is 3.66. The van der Waals surface area contributed by atoms with Gasteiger partial charge in [0.1, 0.15) is 11.5 Å². The first-order valence-corrected chi connectivity index (χ1v) is 13.6. The Bertz CT molecular complexity index is 1340. The average molecular weight is 521 g/mol. The number of fused-ring (bicyclic) bond motifs is 1. The topological polar surface area (TPSA) is 96.7 Å². The number of phenolic OH excluding ortho intramolecular Hbond substituents is 1. The van der Waals surface area contributed by atoms with Gasteiger partial charge in [0, 0.05) is 43.3 Å². The fourth-order valence-electron chi connectivity index (χ4n) is 4.68. The van der Waals surface area contributed by atoms with Gasteiger partial charge < -0.3 is 20.1 Å². The van der Waals surface area contributed by atoms with Crippen molar-refractivity contribution in [2.45, 2.75) is 55.6 Å². The van der Waals surface area contributed by atoms with Crippen LogP contribution >= 0.6 is 11.8 Å². The monoisotopic (exact) mass is 520 g/mol. The first-order chi connectivity index (χ1) is 18.0. The number of aromatic hydroxyl groups is 1. The molecule has 2 aliphatic rings. The van der Waals surface area contributed by atoms with E-state index in [1.165, 1.54) is 11.0 Å². The molecule has 0 bridgehead atoms. The van der Waals surface area contributed by atoms with Crippen LogP contribution in [0.25, 0.3) is 5.69 Å². The van der Waals surface area contributed by atoms with Crippen LogP contribution in [0.3, 0.4) is 0 Å². The molecule has 0 saturated heterocycles. The van der Waals surface area contributed by atoms with Crippen LogP contribution in [-0.2, 0) is 24.3 Å². The fraction of sp³-hybridized carbons (Fsp3) is 0.393. The van der Waals surface area contributed by atoms with Crippen LogP contribution in [0.15, 0.2) is 58.5 Å². The van der Waals surface area contributed by atoms with E-state index in [0.29, 0.717) is 54.1 Å². The highest BCUT2D eigenvalue weighted by Crippen LogP contribution is 2.37. The Balaban J connectivity index is 1.30. The third kappa shape index (κ3) is 5.52. The van der Waals surface area contributed by atoms with Crippen molar-refractivity contribution in [2.75, 3.05) is 20.2 Å². The number of para-hydroxylation sites is 3. The number of nitrogens with one attached hydrogen (secondary N) is 1. The summed E-state index contributed by atoms with van der Waals surface area (Å²) in [5, 5.41) is 14.9. The first-order valence-electron chi connectivity index (χ1n) is 12.8. The van der Waals surface area contributed by atoms with Crippen LogP contribution < -0.4 is 15.6 Å². The Morgan fingerprint density at radius 2 is 1.97 bits per heavy atom. The zero-order valence-electron chi connectivity index (χ0n) is 21.0. The van der Waals surface area contributed by atoms with Crippen molar-refractivity contribution in [3.05, 3.63) is 75.7 Å². The third-order valence-corrected chi connectivity index (χ3v) is 8.31. The van der Waals surface area contributed by atoms with E-state index >= 15 is 0 Å². The van der Waals surface area contributed by atoms with E-state index in [-0.39, 0.29) is 23.8 Å². The predicted molar refractivity (Wildman–Crippen MR) is 143 cm³/mol. The van der Waals surface area contributed by atoms with Crippen LogP contribution in [0, 0.1) is 0 Å². The Hall–Kier alpha value is -3.30. The highest BCUT2D eigenvalue weighted by atomic mass is 32.2. The number of amides is 1. The number of rotatable bonds is 9. The summed E-state index contributed by atoms with van der Waals surface area (Å²) < 4.78 is 6.91. The number of carbonyl (C=O) groups is 1. The summed E-state index contributed by atoms with van der Waals surface area (Å²) in [4.78, 5) is 33.4. The molecule has 0 unspecified atom stereocenters. The molecule has 1 amide bonds. The average Bonchev–Trinajstić information content (AvgIpc) is 2.89. The molecule has 2 aromatic carbocycles. The largest absolute Gasteiger partial charge is 0.506 e. The van der Waals surface area contributed by atoms with Gasteiger partial charge in [0.25, 0.3) is 5.56 Å². The normalized spacial score (nSPS) is 15.2. The third-order valence-electron chi connectivity index (χ3n) is 7.02. The van der Waals surface area contributed by atoms with Crippen molar-refractivity contribution in [2.24, 2.45) is 0 Å². The molecule has 8 nitrogen and oxygen atoms in total. The smallest absolute Gasteiger partial charge is 0.264 e. The number of ether oxygens (including phenoxy) is 1. The summed E-state index contributed by atoms with van der Waals surface area (Å²) in [5.41, 5.74) is 2.55. The molecule has 0 radical (unpaired) electrons. The van der Waals surface area contributed by atoms with Gasteiger partial charge in [0.2, 0.25) is 5.91 Å². The molecule has 1 fully saturated rings. The van der Waals surface area contributed by atoms with Crippen molar-refractivity contribution >= 4 is 17.7 Å². The van der Waals surface area contributed by atoms with Crippen molar-refractivity contribution in [1.82, 2.24) is 19.8 Å². The summed E-state index contributed by atoms with van der Waals surface area (Å²) in [6, 6.07) is 14.6. The van der Waals surface area contributed by atoms with Crippen molar-refractivity contribution in [1.29, 1.82) is 0 Å². The quantitative estimate of drug-likeness (QED) is 0.328. The SMILES string of the molecule is COc1ccccc1CNCCC(=O)N1CCc2nc(SC3CCC3)n(-c3ccccc3O)c(=O)c2C1. The highest BCUT2D eigenvalue weighted by molar-refractivity contribution is 7.99. The molecule has 2 N–H and O–H groups in total. The summed E-state index contributed by atoms with van der Waals surface area (Å²) >= 11 is 1.61.